The van der Waals surface area contributed by atoms with Gasteiger partial charge < -0.3 is 10.4 Å². The van der Waals surface area contributed by atoms with Crippen molar-refractivity contribution in [2.75, 3.05) is 10.6 Å². The van der Waals surface area contributed by atoms with E-state index >= 15 is 0 Å². The van der Waals surface area contributed by atoms with E-state index in [1.165, 1.54) is 41.2 Å². The number of carboxylic acid groups (broad SMARTS) is 1. The van der Waals surface area contributed by atoms with Crippen molar-refractivity contribution in [1.29, 1.82) is 0 Å². The van der Waals surface area contributed by atoms with Gasteiger partial charge >= 0.3 is 6.09 Å². The summed E-state index contributed by atoms with van der Waals surface area (Å²) in [6.45, 7) is 0. The lowest BCUT2D eigenvalue weighted by Crippen LogP contribution is -2.08. The first-order valence-corrected chi connectivity index (χ1v) is 6.41. The fraction of sp³-hybridized carbons (Fsp3) is 0. The number of rotatable bonds is 4. The number of carbonyl (C=O) groups excluding carboxylic acids is 1. The molecule has 116 valence electrons. The average Bonchev–Trinajstić information content (AvgIpc) is 2.91. The molecule has 2 aromatic heterocycles. The summed E-state index contributed by atoms with van der Waals surface area (Å²) in [5.74, 6) is -0.224. The molecule has 0 aliphatic carbocycles. The Kier molecular flexibility index (Phi) is 3.59. The minimum atomic E-state index is -1.22. The highest BCUT2D eigenvalue weighted by Gasteiger charge is 2.12. The van der Waals surface area contributed by atoms with Crippen LogP contribution in [0.5, 0.6) is 0 Å². The molecule has 3 rings (SSSR count). The fourth-order valence-corrected chi connectivity index (χ4v) is 2.08. The van der Waals surface area contributed by atoms with E-state index in [4.69, 9.17) is 5.11 Å². The number of fused-ring (bicyclic) bond motifs is 1. The van der Waals surface area contributed by atoms with E-state index in [2.05, 4.69) is 20.6 Å². The molecule has 8 nitrogen and oxygen atoms in total. The Morgan fingerprint density at radius 3 is 2.87 bits per heavy atom. The summed E-state index contributed by atoms with van der Waals surface area (Å²) in [6.07, 6.45) is 3.56. The van der Waals surface area contributed by atoms with E-state index in [1.54, 1.807) is 0 Å². The van der Waals surface area contributed by atoms with Crippen molar-refractivity contribution in [3.63, 3.8) is 0 Å². The van der Waals surface area contributed by atoms with Crippen molar-refractivity contribution in [1.82, 2.24) is 14.4 Å². The molecule has 0 aliphatic heterocycles. The minimum absolute atomic E-state index is 0.190. The molecule has 0 spiro atoms. The van der Waals surface area contributed by atoms with Gasteiger partial charge in [-0.05, 0) is 18.2 Å². The summed E-state index contributed by atoms with van der Waals surface area (Å²) in [6, 6.07) is 4.09. The van der Waals surface area contributed by atoms with E-state index in [1.807, 2.05) is 0 Å². The Bertz CT molecular complexity index is 909. The van der Waals surface area contributed by atoms with E-state index in [9.17, 15) is 14.0 Å². The standard InChI is InChI=1S/C14H10FN5O3/c15-11-2-1-8(17-7-21)3-10(11)12-6-20-5-9(18-14(22)23)4-16-13(20)19-12/h1-7,18H,(H,17,21)(H,22,23). The molecule has 1 aromatic carbocycles. The largest absolute Gasteiger partial charge is 0.465 e. The Hall–Kier alpha value is -3.49. The second kappa shape index (κ2) is 5.72. The lowest BCUT2D eigenvalue weighted by molar-refractivity contribution is -0.105. The summed E-state index contributed by atoms with van der Waals surface area (Å²) in [5, 5.41) is 13.3. The third-order valence-corrected chi connectivity index (χ3v) is 3.03. The van der Waals surface area contributed by atoms with Gasteiger partial charge in [0.1, 0.15) is 5.82 Å². The van der Waals surface area contributed by atoms with Crippen LogP contribution in [-0.2, 0) is 4.79 Å². The number of anilines is 2. The molecule has 0 bridgehead atoms. The van der Waals surface area contributed by atoms with Gasteiger partial charge in [0.25, 0.3) is 0 Å². The van der Waals surface area contributed by atoms with Crippen molar-refractivity contribution < 1.29 is 19.1 Å². The van der Waals surface area contributed by atoms with Gasteiger partial charge in [-0.1, -0.05) is 0 Å². The molecule has 3 N–H and O–H groups in total. The predicted octanol–water partition coefficient (Wildman–Crippen LogP) is 2.19. The topological polar surface area (TPSA) is 109 Å². The normalized spacial score (nSPS) is 10.5. The van der Waals surface area contributed by atoms with Crippen molar-refractivity contribution in [3.8, 4) is 11.3 Å². The SMILES string of the molecule is O=CNc1ccc(F)c(-c2cn3cc(NC(=O)O)cnc3n2)c1. The number of amides is 2. The zero-order valence-corrected chi connectivity index (χ0v) is 11.5. The number of imidazole rings is 1. The van der Waals surface area contributed by atoms with Crippen LogP contribution in [0.1, 0.15) is 0 Å². The summed E-state index contributed by atoms with van der Waals surface area (Å²) >= 11 is 0. The number of aromatic nitrogens is 3. The highest BCUT2D eigenvalue weighted by molar-refractivity contribution is 5.82. The second-order valence-corrected chi connectivity index (χ2v) is 4.56. The smallest absolute Gasteiger partial charge is 0.409 e. The molecule has 0 saturated heterocycles. The lowest BCUT2D eigenvalue weighted by atomic mass is 10.1. The summed E-state index contributed by atoms with van der Waals surface area (Å²) in [4.78, 5) is 29.3. The van der Waals surface area contributed by atoms with Gasteiger partial charge in [-0.2, -0.15) is 0 Å². The summed E-state index contributed by atoms with van der Waals surface area (Å²) < 4.78 is 15.5. The Morgan fingerprint density at radius 2 is 2.13 bits per heavy atom. The van der Waals surface area contributed by atoms with Crippen molar-refractivity contribution >= 4 is 29.7 Å². The number of benzene rings is 1. The molecule has 2 amide bonds. The van der Waals surface area contributed by atoms with Crippen molar-refractivity contribution in [2.45, 2.75) is 0 Å². The van der Waals surface area contributed by atoms with E-state index in [0.29, 0.717) is 17.8 Å². The molecule has 0 unspecified atom stereocenters. The van der Waals surface area contributed by atoms with Crippen LogP contribution in [0, 0.1) is 5.82 Å². The van der Waals surface area contributed by atoms with Crippen molar-refractivity contribution in [2.24, 2.45) is 0 Å². The maximum Gasteiger partial charge on any atom is 0.409 e. The molecule has 9 heteroatoms. The van der Waals surface area contributed by atoms with E-state index in [-0.39, 0.29) is 17.0 Å². The number of nitrogens with one attached hydrogen (secondary N) is 2. The molecule has 0 fully saturated rings. The van der Waals surface area contributed by atoms with Gasteiger partial charge in [0, 0.05) is 23.6 Å². The Morgan fingerprint density at radius 1 is 1.30 bits per heavy atom. The number of carbonyl (C=O) groups is 2. The average molecular weight is 315 g/mol. The van der Waals surface area contributed by atoms with Crippen LogP contribution >= 0.6 is 0 Å². The van der Waals surface area contributed by atoms with Crippen LogP contribution in [0.3, 0.4) is 0 Å². The van der Waals surface area contributed by atoms with Gasteiger partial charge in [0.15, 0.2) is 0 Å². The molecular weight excluding hydrogens is 305 g/mol. The molecule has 0 radical (unpaired) electrons. The molecule has 0 atom stereocenters. The van der Waals surface area contributed by atoms with Crippen LogP contribution in [0.15, 0.2) is 36.8 Å². The van der Waals surface area contributed by atoms with Crippen LogP contribution < -0.4 is 10.6 Å². The molecular formula is C14H10FN5O3. The van der Waals surface area contributed by atoms with Gasteiger partial charge in [-0.15, -0.1) is 0 Å². The van der Waals surface area contributed by atoms with Crippen LogP contribution in [-0.4, -0.2) is 32.0 Å². The monoisotopic (exact) mass is 315 g/mol. The molecule has 0 saturated carbocycles. The first kappa shape index (κ1) is 14.4. The second-order valence-electron chi connectivity index (χ2n) is 4.56. The third-order valence-electron chi connectivity index (χ3n) is 3.03. The lowest BCUT2D eigenvalue weighted by Gasteiger charge is -2.03. The zero-order valence-electron chi connectivity index (χ0n) is 11.5. The number of hydrogen-bond acceptors (Lipinski definition) is 4. The minimum Gasteiger partial charge on any atom is -0.465 e. The van der Waals surface area contributed by atoms with Crippen LogP contribution in [0.4, 0.5) is 20.6 Å². The van der Waals surface area contributed by atoms with Gasteiger partial charge in [0.05, 0.1) is 17.6 Å². The molecule has 23 heavy (non-hydrogen) atoms. The maximum atomic E-state index is 14.0. The quantitative estimate of drug-likeness (QED) is 0.639. The van der Waals surface area contributed by atoms with Gasteiger partial charge in [0.2, 0.25) is 12.2 Å². The zero-order chi connectivity index (χ0) is 16.4. The number of hydrogen-bond donors (Lipinski definition) is 3. The maximum absolute atomic E-state index is 14.0. The van der Waals surface area contributed by atoms with Crippen molar-refractivity contribution in [3.05, 3.63) is 42.6 Å². The molecule has 3 aromatic rings. The number of nitrogens with zero attached hydrogens (tertiary/aromatic N) is 3. The fourth-order valence-electron chi connectivity index (χ4n) is 2.08. The summed E-state index contributed by atoms with van der Waals surface area (Å²) in [7, 11) is 0. The highest BCUT2D eigenvalue weighted by atomic mass is 19.1. The van der Waals surface area contributed by atoms with Gasteiger partial charge in [-0.25, -0.2) is 19.2 Å². The highest BCUT2D eigenvalue weighted by Crippen LogP contribution is 2.25. The Labute approximate surface area is 128 Å². The van der Waals surface area contributed by atoms with E-state index in [0.717, 1.165) is 0 Å². The first-order valence-electron chi connectivity index (χ1n) is 6.41. The van der Waals surface area contributed by atoms with Crippen LogP contribution in [0.25, 0.3) is 17.0 Å². The van der Waals surface area contributed by atoms with E-state index < -0.39 is 11.9 Å². The van der Waals surface area contributed by atoms with Crippen LogP contribution in [0.2, 0.25) is 0 Å². The molecule has 2 heterocycles. The molecule has 0 aliphatic rings. The van der Waals surface area contributed by atoms with Gasteiger partial charge in [-0.3, -0.25) is 14.5 Å². The third kappa shape index (κ3) is 2.93. The Balaban J connectivity index is 2.04. The summed E-state index contributed by atoms with van der Waals surface area (Å²) in [5.41, 5.74) is 1.17. The first-order chi connectivity index (χ1) is 11.1. The number of halogens is 1. The predicted molar refractivity (Wildman–Crippen MR) is 79.7 cm³/mol.